The molecule has 1 atom stereocenters. The Labute approximate surface area is 106 Å². The number of hydrogen-bond acceptors (Lipinski definition) is 2. The van der Waals surface area contributed by atoms with Gasteiger partial charge in [0.05, 0.1) is 0 Å². The van der Waals surface area contributed by atoms with E-state index in [4.69, 9.17) is 10.5 Å². The number of carbonyl (C=O) groups is 1. The zero-order valence-corrected chi connectivity index (χ0v) is 10.2. The number of rotatable bonds is 4. The second-order valence-electron chi connectivity index (χ2n) is 4.06. The minimum atomic E-state index is -0.433. The third-order valence-electron chi connectivity index (χ3n) is 2.72. The van der Waals surface area contributed by atoms with Gasteiger partial charge in [-0.05, 0) is 36.8 Å². The van der Waals surface area contributed by atoms with Crippen LogP contribution in [0, 0.1) is 0 Å². The van der Waals surface area contributed by atoms with Gasteiger partial charge in [0.15, 0.2) is 0 Å². The summed E-state index contributed by atoms with van der Waals surface area (Å²) in [6.07, 6.45) is -0.0365. The van der Waals surface area contributed by atoms with Crippen LogP contribution in [-0.2, 0) is 0 Å². The largest absolute Gasteiger partial charge is 0.486 e. The predicted molar refractivity (Wildman–Crippen MR) is 70.4 cm³/mol. The maximum atomic E-state index is 10.9. The smallest absolute Gasteiger partial charge is 0.248 e. The van der Waals surface area contributed by atoms with Crippen LogP contribution in [0.4, 0.5) is 0 Å². The number of benzene rings is 2. The quantitative estimate of drug-likeness (QED) is 0.894. The molecule has 18 heavy (non-hydrogen) atoms. The lowest BCUT2D eigenvalue weighted by atomic mass is 10.1. The molecule has 0 fully saturated rings. The lowest BCUT2D eigenvalue weighted by Gasteiger charge is -2.15. The second kappa shape index (κ2) is 5.36. The molecule has 2 aromatic carbocycles. The molecular weight excluding hydrogens is 226 g/mol. The molecule has 0 spiro atoms. The Morgan fingerprint density at radius 1 is 1.06 bits per heavy atom. The molecule has 0 saturated heterocycles. The Bertz CT molecular complexity index is 520. The number of primary amides is 1. The molecule has 1 unspecified atom stereocenters. The van der Waals surface area contributed by atoms with Gasteiger partial charge in [-0.1, -0.05) is 30.3 Å². The van der Waals surface area contributed by atoms with E-state index in [0.717, 1.165) is 11.3 Å². The van der Waals surface area contributed by atoms with Crippen molar-refractivity contribution in [2.24, 2.45) is 5.73 Å². The van der Waals surface area contributed by atoms with Gasteiger partial charge in [0, 0.05) is 5.56 Å². The molecule has 0 saturated carbocycles. The molecule has 0 aliphatic heterocycles. The summed E-state index contributed by atoms with van der Waals surface area (Å²) in [7, 11) is 0. The molecule has 0 aromatic heterocycles. The molecule has 0 aliphatic rings. The number of hydrogen-bond donors (Lipinski definition) is 1. The predicted octanol–water partition coefficient (Wildman–Crippen LogP) is 2.93. The summed E-state index contributed by atoms with van der Waals surface area (Å²) in [5.41, 5.74) is 6.77. The van der Waals surface area contributed by atoms with Gasteiger partial charge in [-0.15, -0.1) is 0 Å². The third kappa shape index (κ3) is 2.88. The van der Waals surface area contributed by atoms with Crippen molar-refractivity contribution in [1.82, 2.24) is 0 Å². The third-order valence-corrected chi connectivity index (χ3v) is 2.72. The summed E-state index contributed by atoms with van der Waals surface area (Å²) in [5, 5.41) is 0. The van der Waals surface area contributed by atoms with Gasteiger partial charge in [0.1, 0.15) is 11.9 Å². The summed E-state index contributed by atoms with van der Waals surface area (Å²) < 4.78 is 5.78. The van der Waals surface area contributed by atoms with Crippen molar-refractivity contribution < 1.29 is 9.53 Å². The van der Waals surface area contributed by atoms with E-state index in [1.807, 2.05) is 37.3 Å². The first-order chi connectivity index (χ1) is 8.66. The summed E-state index contributed by atoms with van der Waals surface area (Å²) in [6, 6.07) is 16.8. The molecule has 92 valence electrons. The topological polar surface area (TPSA) is 52.3 Å². The van der Waals surface area contributed by atoms with Gasteiger partial charge in [-0.3, -0.25) is 4.79 Å². The van der Waals surface area contributed by atoms with Crippen LogP contribution in [0.3, 0.4) is 0 Å². The van der Waals surface area contributed by atoms with Gasteiger partial charge >= 0.3 is 0 Å². The molecule has 0 heterocycles. The van der Waals surface area contributed by atoms with E-state index in [-0.39, 0.29) is 6.10 Å². The normalized spacial score (nSPS) is 11.8. The number of ether oxygens (including phenoxy) is 1. The molecule has 0 radical (unpaired) electrons. The first kappa shape index (κ1) is 12.2. The fourth-order valence-corrected chi connectivity index (χ4v) is 1.69. The van der Waals surface area contributed by atoms with Crippen LogP contribution in [0.25, 0.3) is 0 Å². The first-order valence-electron chi connectivity index (χ1n) is 5.78. The van der Waals surface area contributed by atoms with Crippen molar-refractivity contribution in [3.05, 3.63) is 65.7 Å². The number of amides is 1. The molecule has 2 rings (SSSR count). The van der Waals surface area contributed by atoms with E-state index >= 15 is 0 Å². The maximum Gasteiger partial charge on any atom is 0.248 e. The monoisotopic (exact) mass is 241 g/mol. The van der Waals surface area contributed by atoms with E-state index in [1.54, 1.807) is 24.3 Å². The zero-order valence-electron chi connectivity index (χ0n) is 10.2. The Hall–Kier alpha value is -2.29. The van der Waals surface area contributed by atoms with Crippen LogP contribution in [0.1, 0.15) is 28.9 Å². The average molecular weight is 241 g/mol. The Morgan fingerprint density at radius 2 is 1.67 bits per heavy atom. The van der Waals surface area contributed by atoms with Crippen LogP contribution in [0.5, 0.6) is 5.75 Å². The molecule has 3 heteroatoms. The van der Waals surface area contributed by atoms with Gasteiger partial charge in [0.25, 0.3) is 0 Å². The highest BCUT2D eigenvalue weighted by Gasteiger charge is 2.07. The lowest BCUT2D eigenvalue weighted by Crippen LogP contribution is -2.10. The van der Waals surface area contributed by atoms with Crippen molar-refractivity contribution in [1.29, 1.82) is 0 Å². The highest BCUT2D eigenvalue weighted by molar-refractivity contribution is 5.92. The Kier molecular flexibility index (Phi) is 3.63. The van der Waals surface area contributed by atoms with Crippen LogP contribution in [0.2, 0.25) is 0 Å². The minimum absolute atomic E-state index is 0.0365. The van der Waals surface area contributed by atoms with Crippen molar-refractivity contribution in [3.8, 4) is 5.75 Å². The fourth-order valence-electron chi connectivity index (χ4n) is 1.69. The molecule has 1 amide bonds. The lowest BCUT2D eigenvalue weighted by molar-refractivity contribution is 0.1000. The van der Waals surface area contributed by atoms with Crippen LogP contribution in [0.15, 0.2) is 54.6 Å². The molecular formula is C15H15NO2. The van der Waals surface area contributed by atoms with Crippen molar-refractivity contribution >= 4 is 5.91 Å². The van der Waals surface area contributed by atoms with Crippen molar-refractivity contribution in [2.75, 3.05) is 0 Å². The van der Waals surface area contributed by atoms with Crippen LogP contribution in [-0.4, -0.2) is 5.91 Å². The van der Waals surface area contributed by atoms with Crippen LogP contribution < -0.4 is 10.5 Å². The Morgan fingerprint density at radius 3 is 2.22 bits per heavy atom. The van der Waals surface area contributed by atoms with E-state index in [0.29, 0.717) is 5.56 Å². The van der Waals surface area contributed by atoms with Gasteiger partial charge in [-0.2, -0.15) is 0 Å². The Balaban J connectivity index is 2.08. The summed E-state index contributed by atoms with van der Waals surface area (Å²) in [5.74, 6) is 0.286. The molecule has 2 N–H and O–H groups in total. The summed E-state index contributed by atoms with van der Waals surface area (Å²) in [6.45, 7) is 1.98. The van der Waals surface area contributed by atoms with E-state index in [2.05, 4.69) is 0 Å². The van der Waals surface area contributed by atoms with E-state index in [1.165, 1.54) is 0 Å². The van der Waals surface area contributed by atoms with E-state index in [9.17, 15) is 4.79 Å². The average Bonchev–Trinajstić information content (AvgIpc) is 2.40. The SMILES string of the molecule is CC(Oc1ccc(C(N)=O)cc1)c1ccccc1. The standard InChI is InChI=1S/C15H15NO2/c1-11(12-5-3-2-4-6-12)18-14-9-7-13(8-10-14)15(16)17/h2-11H,1H3,(H2,16,17). The van der Waals surface area contributed by atoms with Gasteiger partial charge < -0.3 is 10.5 Å². The van der Waals surface area contributed by atoms with Crippen molar-refractivity contribution in [3.63, 3.8) is 0 Å². The molecule has 0 aliphatic carbocycles. The molecule has 3 nitrogen and oxygen atoms in total. The number of carbonyl (C=O) groups excluding carboxylic acids is 1. The highest BCUT2D eigenvalue weighted by atomic mass is 16.5. The molecule has 0 bridgehead atoms. The zero-order chi connectivity index (χ0) is 13.0. The van der Waals surface area contributed by atoms with Gasteiger partial charge in [-0.25, -0.2) is 0 Å². The maximum absolute atomic E-state index is 10.9. The van der Waals surface area contributed by atoms with E-state index < -0.39 is 5.91 Å². The minimum Gasteiger partial charge on any atom is -0.486 e. The summed E-state index contributed by atoms with van der Waals surface area (Å²) in [4.78, 5) is 10.9. The van der Waals surface area contributed by atoms with Crippen LogP contribution >= 0.6 is 0 Å². The second-order valence-corrected chi connectivity index (χ2v) is 4.06. The first-order valence-corrected chi connectivity index (χ1v) is 5.78. The fraction of sp³-hybridized carbons (Fsp3) is 0.133. The summed E-state index contributed by atoms with van der Waals surface area (Å²) >= 11 is 0. The highest BCUT2D eigenvalue weighted by Crippen LogP contribution is 2.21. The van der Waals surface area contributed by atoms with Gasteiger partial charge in [0.2, 0.25) is 5.91 Å². The van der Waals surface area contributed by atoms with Crippen molar-refractivity contribution in [2.45, 2.75) is 13.0 Å². The number of nitrogens with two attached hydrogens (primary N) is 1. The molecule has 2 aromatic rings.